The van der Waals surface area contributed by atoms with Gasteiger partial charge in [0.05, 0.1) is 10.6 Å². The minimum Gasteiger partial charge on any atom is -0.480 e. The van der Waals surface area contributed by atoms with Crippen LogP contribution in [0.5, 0.6) is 0 Å². The van der Waals surface area contributed by atoms with E-state index in [1.54, 1.807) is 13.0 Å². The number of amides is 1. The molecule has 1 aromatic rings. The number of carbonyl (C=O) groups excluding carboxylic acids is 1. The molecule has 4 nitrogen and oxygen atoms in total. The molecule has 0 aliphatic carbocycles. The lowest BCUT2D eigenvalue weighted by Crippen LogP contribution is -2.41. The van der Waals surface area contributed by atoms with Crippen molar-refractivity contribution in [3.8, 4) is 0 Å². The van der Waals surface area contributed by atoms with Crippen molar-refractivity contribution in [2.75, 3.05) is 6.54 Å². The molecule has 1 atom stereocenters. The Labute approximate surface area is 121 Å². The summed E-state index contributed by atoms with van der Waals surface area (Å²) < 4.78 is 0. The maximum absolute atomic E-state index is 12.3. The highest BCUT2D eigenvalue weighted by molar-refractivity contribution is 6.36. The smallest absolute Gasteiger partial charge is 0.323 e. The third-order valence-electron chi connectivity index (χ3n) is 2.85. The molecule has 0 spiro atoms. The second-order valence-electron chi connectivity index (χ2n) is 4.21. The van der Waals surface area contributed by atoms with Crippen LogP contribution < -0.4 is 0 Å². The molecule has 1 aromatic carbocycles. The summed E-state index contributed by atoms with van der Waals surface area (Å²) in [6.45, 7) is 3.33. The van der Waals surface area contributed by atoms with Crippen molar-refractivity contribution in [2.24, 2.45) is 0 Å². The van der Waals surface area contributed by atoms with Gasteiger partial charge in [-0.3, -0.25) is 9.59 Å². The first-order valence-corrected chi connectivity index (χ1v) is 6.60. The molecule has 1 N–H and O–H groups in total. The lowest BCUT2D eigenvalue weighted by molar-refractivity contribution is -0.138. The van der Waals surface area contributed by atoms with Gasteiger partial charge < -0.3 is 10.0 Å². The molecule has 6 heteroatoms. The van der Waals surface area contributed by atoms with Crippen LogP contribution in [0.3, 0.4) is 0 Å². The molecule has 19 heavy (non-hydrogen) atoms. The van der Waals surface area contributed by atoms with E-state index < -0.39 is 11.9 Å². The fraction of sp³-hybridized carbons (Fsp3) is 0.385. The number of aliphatic carboxylic acids is 1. The molecular weight excluding hydrogens is 289 g/mol. The van der Waals surface area contributed by atoms with Gasteiger partial charge in [-0.05, 0) is 31.5 Å². The number of carboxylic acids is 1. The summed E-state index contributed by atoms with van der Waals surface area (Å²) in [6.07, 6.45) is 0.657. The Morgan fingerprint density at radius 2 is 2.00 bits per heavy atom. The van der Waals surface area contributed by atoms with Gasteiger partial charge in [-0.15, -0.1) is 0 Å². The second kappa shape index (κ2) is 6.78. The highest BCUT2D eigenvalue weighted by Crippen LogP contribution is 2.23. The van der Waals surface area contributed by atoms with Crippen LogP contribution in [0.1, 0.15) is 30.6 Å². The number of benzene rings is 1. The SMILES string of the molecule is CCC(C)N(CC(=O)O)C(=O)c1ccc(Cl)cc1Cl. The van der Waals surface area contributed by atoms with E-state index in [2.05, 4.69) is 0 Å². The Morgan fingerprint density at radius 3 is 2.47 bits per heavy atom. The van der Waals surface area contributed by atoms with Gasteiger partial charge in [0.2, 0.25) is 0 Å². The highest BCUT2D eigenvalue weighted by Gasteiger charge is 2.24. The van der Waals surface area contributed by atoms with E-state index >= 15 is 0 Å². The quantitative estimate of drug-likeness (QED) is 0.908. The van der Waals surface area contributed by atoms with Crippen molar-refractivity contribution >= 4 is 35.1 Å². The third kappa shape index (κ3) is 4.11. The third-order valence-corrected chi connectivity index (χ3v) is 3.40. The zero-order chi connectivity index (χ0) is 14.6. The van der Waals surface area contributed by atoms with Crippen LogP contribution in [0.4, 0.5) is 0 Å². The first-order chi connectivity index (χ1) is 8.86. The number of halogens is 2. The Kier molecular flexibility index (Phi) is 5.63. The van der Waals surface area contributed by atoms with Gasteiger partial charge in [-0.1, -0.05) is 30.1 Å². The topological polar surface area (TPSA) is 57.6 Å². The predicted molar refractivity (Wildman–Crippen MR) is 74.9 cm³/mol. The molecule has 0 saturated carbocycles. The van der Waals surface area contributed by atoms with Gasteiger partial charge in [-0.2, -0.15) is 0 Å². The number of hydrogen-bond donors (Lipinski definition) is 1. The van der Waals surface area contributed by atoms with E-state index in [4.69, 9.17) is 28.3 Å². The summed E-state index contributed by atoms with van der Waals surface area (Å²) >= 11 is 11.7. The first kappa shape index (κ1) is 15.8. The Hall–Kier alpha value is -1.26. The Bertz CT molecular complexity index is 491. The summed E-state index contributed by atoms with van der Waals surface area (Å²) in [6, 6.07) is 4.34. The maximum Gasteiger partial charge on any atom is 0.323 e. The lowest BCUT2D eigenvalue weighted by atomic mass is 10.1. The molecule has 0 fully saturated rings. The van der Waals surface area contributed by atoms with Crippen LogP contribution in [0.2, 0.25) is 10.0 Å². The van der Waals surface area contributed by atoms with Crippen molar-refractivity contribution in [1.29, 1.82) is 0 Å². The number of carbonyl (C=O) groups is 2. The fourth-order valence-electron chi connectivity index (χ4n) is 1.61. The van der Waals surface area contributed by atoms with Crippen molar-refractivity contribution in [3.05, 3.63) is 33.8 Å². The summed E-state index contributed by atoms with van der Waals surface area (Å²) in [7, 11) is 0. The van der Waals surface area contributed by atoms with Gasteiger partial charge >= 0.3 is 5.97 Å². The number of hydrogen-bond acceptors (Lipinski definition) is 2. The zero-order valence-electron chi connectivity index (χ0n) is 10.7. The summed E-state index contributed by atoms with van der Waals surface area (Å²) in [5, 5.41) is 9.53. The summed E-state index contributed by atoms with van der Waals surface area (Å²) in [5.41, 5.74) is 0.257. The van der Waals surface area contributed by atoms with E-state index in [1.807, 2.05) is 6.92 Å². The van der Waals surface area contributed by atoms with E-state index in [0.717, 1.165) is 0 Å². The van der Waals surface area contributed by atoms with Crippen molar-refractivity contribution in [1.82, 2.24) is 4.90 Å². The van der Waals surface area contributed by atoms with E-state index in [9.17, 15) is 9.59 Å². The number of rotatable bonds is 5. The van der Waals surface area contributed by atoms with Gasteiger partial charge in [-0.25, -0.2) is 0 Å². The Morgan fingerprint density at radius 1 is 1.37 bits per heavy atom. The number of carboxylic acid groups (broad SMARTS) is 1. The molecule has 0 aliphatic rings. The molecular formula is C13H15Cl2NO3. The van der Waals surface area contributed by atoms with Crippen LogP contribution in [-0.4, -0.2) is 34.5 Å². The van der Waals surface area contributed by atoms with Crippen molar-refractivity contribution < 1.29 is 14.7 Å². The van der Waals surface area contributed by atoms with Crippen LogP contribution in [0.15, 0.2) is 18.2 Å². The predicted octanol–water partition coefficient (Wildman–Crippen LogP) is 3.32. The van der Waals surface area contributed by atoms with Gasteiger partial charge in [0.1, 0.15) is 6.54 Å². The molecule has 1 amide bonds. The van der Waals surface area contributed by atoms with E-state index in [1.165, 1.54) is 17.0 Å². The summed E-state index contributed by atoms with van der Waals surface area (Å²) in [5.74, 6) is -1.46. The van der Waals surface area contributed by atoms with E-state index in [-0.39, 0.29) is 23.2 Å². The van der Waals surface area contributed by atoms with Gasteiger partial charge in [0.25, 0.3) is 5.91 Å². The molecule has 1 unspecified atom stereocenters. The molecule has 0 heterocycles. The highest BCUT2D eigenvalue weighted by atomic mass is 35.5. The number of nitrogens with zero attached hydrogens (tertiary/aromatic N) is 1. The maximum atomic E-state index is 12.3. The lowest BCUT2D eigenvalue weighted by Gasteiger charge is -2.27. The van der Waals surface area contributed by atoms with Crippen LogP contribution >= 0.6 is 23.2 Å². The second-order valence-corrected chi connectivity index (χ2v) is 5.05. The van der Waals surface area contributed by atoms with Gasteiger partial charge in [0, 0.05) is 11.1 Å². The normalized spacial score (nSPS) is 12.0. The zero-order valence-corrected chi connectivity index (χ0v) is 12.2. The molecule has 0 radical (unpaired) electrons. The minimum absolute atomic E-state index is 0.185. The minimum atomic E-state index is -1.06. The molecule has 0 aliphatic heterocycles. The standard InChI is InChI=1S/C13H15Cl2NO3/c1-3-8(2)16(7-12(17)18)13(19)10-5-4-9(14)6-11(10)15/h4-6,8H,3,7H2,1-2H3,(H,17,18). The Balaban J connectivity index is 3.08. The summed E-state index contributed by atoms with van der Waals surface area (Å²) in [4.78, 5) is 24.5. The molecule has 1 rings (SSSR count). The fourth-order valence-corrected chi connectivity index (χ4v) is 2.10. The largest absolute Gasteiger partial charge is 0.480 e. The molecule has 0 aromatic heterocycles. The van der Waals surface area contributed by atoms with E-state index in [0.29, 0.717) is 11.4 Å². The molecule has 0 saturated heterocycles. The van der Waals surface area contributed by atoms with Crippen LogP contribution in [0.25, 0.3) is 0 Å². The molecule has 104 valence electrons. The first-order valence-electron chi connectivity index (χ1n) is 5.84. The monoisotopic (exact) mass is 303 g/mol. The van der Waals surface area contributed by atoms with Crippen molar-refractivity contribution in [2.45, 2.75) is 26.3 Å². The van der Waals surface area contributed by atoms with Crippen LogP contribution in [-0.2, 0) is 4.79 Å². The van der Waals surface area contributed by atoms with Gasteiger partial charge in [0.15, 0.2) is 0 Å². The molecule has 0 bridgehead atoms. The average molecular weight is 304 g/mol. The van der Waals surface area contributed by atoms with Crippen LogP contribution in [0, 0.1) is 0 Å². The van der Waals surface area contributed by atoms with Crippen molar-refractivity contribution in [3.63, 3.8) is 0 Å². The average Bonchev–Trinajstić information content (AvgIpc) is 2.34.